The highest BCUT2D eigenvalue weighted by atomic mass is 14.7. The van der Waals surface area contributed by atoms with E-state index in [-0.39, 0.29) is 5.41 Å². The van der Waals surface area contributed by atoms with Crippen LogP contribution in [0.2, 0.25) is 0 Å². The third-order valence-corrected chi connectivity index (χ3v) is 3.16. The maximum absolute atomic E-state index is 8.72. The van der Waals surface area contributed by atoms with E-state index < -0.39 is 0 Å². The van der Waals surface area contributed by atoms with Crippen LogP contribution in [0.25, 0.3) is 0 Å². The van der Waals surface area contributed by atoms with Crippen LogP contribution in [0.4, 0.5) is 0 Å². The van der Waals surface area contributed by atoms with Crippen LogP contribution in [0.15, 0.2) is 0 Å². The number of hydrogen-bond acceptors (Lipinski definition) is 1. The lowest BCUT2D eigenvalue weighted by Gasteiger charge is -2.67. The molecule has 0 aromatic heterocycles. The first-order valence-corrected chi connectivity index (χ1v) is 4.16. The van der Waals surface area contributed by atoms with Gasteiger partial charge in [-0.25, -0.2) is 0 Å². The van der Waals surface area contributed by atoms with Gasteiger partial charge in [0.05, 0.1) is 11.5 Å². The van der Waals surface area contributed by atoms with Crippen LogP contribution in [0.1, 0.15) is 39.0 Å². The van der Waals surface area contributed by atoms with Gasteiger partial charge in [0.25, 0.3) is 0 Å². The average molecular weight is 135 g/mol. The Labute approximate surface area is 62.0 Å². The van der Waals surface area contributed by atoms with Crippen molar-refractivity contribution in [2.24, 2.45) is 10.8 Å². The summed E-state index contributed by atoms with van der Waals surface area (Å²) >= 11 is 0. The minimum atomic E-state index is 0.176. The molecule has 3 aliphatic rings. The first-order valence-electron chi connectivity index (χ1n) is 4.16. The van der Waals surface area contributed by atoms with Crippen LogP contribution >= 0.6 is 0 Å². The van der Waals surface area contributed by atoms with Crippen LogP contribution in [-0.4, -0.2) is 0 Å². The van der Waals surface area contributed by atoms with E-state index in [1.807, 2.05) is 0 Å². The molecule has 3 fully saturated rings. The fourth-order valence-electron chi connectivity index (χ4n) is 2.91. The third kappa shape index (κ3) is 0.526. The van der Waals surface area contributed by atoms with E-state index in [1.165, 1.54) is 32.1 Å². The molecule has 0 unspecified atom stereocenters. The molecule has 0 aliphatic heterocycles. The molecule has 2 bridgehead atoms. The SMILES string of the molecule is CCCC12CC(C#N)(C1)C2. The molecule has 10 heavy (non-hydrogen) atoms. The quantitative estimate of drug-likeness (QED) is 0.570. The second-order valence-corrected chi connectivity index (χ2v) is 4.17. The zero-order valence-electron chi connectivity index (χ0n) is 6.48. The molecule has 0 aromatic carbocycles. The molecule has 3 saturated carbocycles. The van der Waals surface area contributed by atoms with Gasteiger partial charge in [-0.15, -0.1) is 0 Å². The Hall–Kier alpha value is -0.510. The van der Waals surface area contributed by atoms with Gasteiger partial charge in [0, 0.05) is 0 Å². The minimum absolute atomic E-state index is 0.176. The summed E-state index contributed by atoms with van der Waals surface area (Å²) in [5.74, 6) is 0. The van der Waals surface area contributed by atoms with Crippen LogP contribution in [0, 0.1) is 22.2 Å². The van der Waals surface area contributed by atoms with E-state index in [4.69, 9.17) is 5.26 Å². The lowest BCUT2D eigenvalue weighted by molar-refractivity contribution is -0.167. The van der Waals surface area contributed by atoms with Gasteiger partial charge in [0.1, 0.15) is 0 Å². The predicted octanol–water partition coefficient (Wildman–Crippen LogP) is 2.48. The predicted molar refractivity (Wildman–Crippen MR) is 39.2 cm³/mol. The van der Waals surface area contributed by atoms with Crippen molar-refractivity contribution in [3.05, 3.63) is 0 Å². The third-order valence-electron chi connectivity index (χ3n) is 3.16. The Morgan fingerprint density at radius 3 is 2.40 bits per heavy atom. The molecule has 0 amide bonds. The summed E-state index contributed by atoms with van der Waals surface area (Å²) < 4.78 is 0. The van der Waals surface area contributed by atoms with Crippen LogP contribution < -0.4 is 0 Å². The van der Waals surface area contributed by atoms with Crippen molar-refractivity contribution in [1.82, 2.24) is 0 Å². The molecule has 54 valence electrons. The topological polar surface area (TPSA) is 23.8 Å². The highest BCUT2D eigenvalue weighted by Gasteiger charge is 2.67. The number of nitriles is 1. The molecular weight excluding hydrogens is 122 g/mol. The van der Waals surface area contributed by atoms with E-state index in [0.717, 1.165) is 0 Å². The molecule has 0 spiro atoms. The van der Waals surface area contributed by atoms with Crippen molar-refractivity contribution >= 4 is 0 Å². The van der Waals surface area contributed by atoms with E-state index in [0.29, 0.717) is 5.41 Å². The monoisotopic (exact) mass is 135 g/mol. The lowest BCUT2D eigenvalue weighted by atomic mass is 9.35. The highest BCUT2D eigenvalue weighted by molar-refractivity contribution is 5.25. The van der Waals surface area contributed by atoms with E-state index in [1.54, 1.807) is 0 Å². The molecule has 0 radical (unpaired) electrons. The van der Waals surface area contributed by atoms with Gasteiger partial charge >= 0.3 is 0 Å². The molecule has 3 aliphatic carbocycles. The molecule has 1 nitrogen and oxygen atoms in total. The Morgan fingerprint density at radius 1 is 1.40 bits per heavy atom. The molecule has 0 heterocycles. The lowest BCUT2D eigenvalue weighted by Crippen LogP contribution is -2.60. The summed E-state index contributed by atoms with van der Waals surface area (Å²) in [4.78, 5) is 0. The molecule has 0 N–H and O–H groups in total. The molecular formula is C9H13N. The smallest absolute Gasteiger partial charge is 0.0690 e. The molecule has 3 rings (SSSR count). The number of nitrogens with zero attached hydrogens (tertiary/aromatic N) is 1. The summed E-state index contributed by atoms with van der Waals surface area (Å²) in [6.07, 6.45) is 6.29. The maximum atomic E-state index is 8.72. The molecule has 1 heteroatoms. The molecule has 0 aromatic rings. The van der Waals surface area contributed by atoms with E-state index in [2.05, 4.69) is 13.0 Å². The molecule has 0 atom stereocenters. The highest BCUT2D eigenvalue weighted by Crippen LogP contribution is 2.74. The van der Waals surface area contributed by atoms with Crippen LogP contribution in [-0.2, 0) is 0 Å². The maximum Gasteiger partial charge on any atom is 0.0690 e. The van der Waals surface area contributed by atoms with Gasteiger partial charge in [0.15, 0.2) is 0 Å². The van der Waals surface area contributed by atoms with Crippen LogP contribution in [0.5, 0.6) is 0 Å². The Bertz CT molecular complexity index is 179. The first-order chi connectivity index (χ1) is 4.74. The van der Waals surface area contributed by atoms with Gasteiger partial charge < -0.3 is 0 Å². The second-order valence-electron chi connectivity index (χ2n) is 4.17. The summed E-state index contributed by atoms with van der Waals surface area (Å²) in [6.45, 7) is 2.24. The van der Waals surface area contributed by atoms with Crippen molar-refractivity contribution in [3.8, 4) is 6.07 Å². The zero-order valence-corrected chi connectivity index (χ0v) is 6.48. The summed E-state index contributed by atoms with van der Waals surface area (Å²) in [6, 6.07) is 2.43. The van der Waals surface area contributed by atoms with Gasteiger partial charge in [-0.3, -0.25) is 0 Å². The van der Waals surface area contributed by atoms with Gasteiger partial charge in [-0.05, 0) is 31.1 Å². The van der Waals surface area contributed by atoms with Crippen molar-refractivity contribution in [1.29, 1.82) is 5.26 Å². The average Bonchev–Trinajstić information content (AvgIpc) is 1.74. The zero-order chi connectivity index (χ0) is 7.24. The summed E-state index contributed by atoms with van der Waals surface area (Å²) in [5, 5.41) is 8.72. The normalized spacial score (nSPS) is 48.8. The minimum Gasteiger partial charge on any atom is -0.198 e. The van der Waals surface area contributed by atoms with E-state index >= 15 is 0 Å². The van der Waals surface area contributed by atoms with Gasteiger partial charge in [-0.1, -0.05) is 13.3 Å². The van der Waals surface area contributed by atoms with Gasteiger partial charge in [0.2, 0.25) is 0 Å². The van der Waals surface area contributed by atoms with Crippen LogP contribution in [0.3, 0.4) is 0 Å². The summed E-state index contributed by atoms with van der Waals surface area (Å²) in [5.41, 5.74) is 0.833. The fraction of sp³-hybridized carbons (Fsp3) is 0.889. The van der Waals surface area contributed by atoms with Crippen molar-refractivity contribution in [2.75, 3.05) is 0 Å². The molecule has 0 saturated heterocycles. The van der Waals surface area contributed by atoms with Crippen molar-refractivity contribution in [3.63, 3.8) is 0 Å². The van der Waals surface area contributed by atoms with Crippen molar-refractivity contribution < 1.29 is 0 Å². The Morgan fingerprint density at radius 2 is 2.00 bits per heavy atom. The number of rotatable bonds is 2. The number of hydrogen-bond donors (Lipinski definition) is 0. The first kappa shape index (κ1) is 6.22. The van der Waals surface area contributed by atoms with Crippen molar-refractivity contribution in [2.45, 2.75) is 39.0 Å². The standard InChI is InChI=1S/C9H13N/c1-2-3-8-4-9(5-8,6-8)7-10/h2-6H2,1H3. The van der Waals surface area contributed by atoms with E-state index in [9.17, 15) is 0 Å². The summed E-state index contributed by atoms with van der Waals surface area (Å²) in [7, 11) is 0. The Balaban J connectivity index is 1.93. The largest absolute Gasteiger partial charge is 0.198 e. The van der Waals surface area contributed by atoms with Gasteiger partial charge in [-0.2, -0.15) is 5.26 Å². The second kappa shape index (κ2) is 1.56. The Kier molecular flexibility index (Phi) is 0.968. The fourth-order valence-corrected chi connectivity index (χ4v) is 2.91.